The lowest BCUT2D eigenvalue weighted by Crippen LogP contribution is -2.49. The fraction of sp³-hybridized carbons (Fsp3) is 0.750. The van der Waals surface area contributed by atoms with Gasteiger partial charge in [-0.05, 0) is 34.6 Å². The SMILES string of the molecule is CC(C)N1C(=O)N=C(N)C1CC(=O)NC(C)(C)C. The van der Waals surface area contributed by atoms with Gasteiger partial charge in [0, 0.05) is 11.6 Å². The number of hydrogen-bond donors (Lipinski definition) is 2. The van der Waals surface area contributed by atoms with Gasteiger partial charge in [0.15, 0.2) is 0 Å². The molecule has 0 aromatic carbocycles. The van der Waals surface area contributed by atoms with E-state index in [9.17, 15) is 9.59 Å². The highest BCUT2D eigenvalue weighted by Crippen LogP contribution is 2.18. The number of urea groups is 1. The van der Waals surface area contributed by atoms with E-state index in [2.05, 4.69) is 10.3 Å². The molecule has 0 bridgehead atoms. The van der Waals surface area contributed by atoms with Crippen LogP contribution in [0.1, 0.15) is 41.0 Å². The number of aliphatic imine (C=N–C) groups is 1. The molecule has 3 amide bonds. The quantitative estimate of drug-likeness (QED) is 0.783. The third-order valence-electron chi connectivity index (χ3n) is 2.57. The Bertz CT molecular complexity index is 382. The van der Waals surface area contributed by atoms with Gasteiger partial charge in [0.05, 0.1) is 6.42 Å². The molecule has 1 unspecified atom stereocenters. The first-order valence-electron chi connectivity index (χ1n) is 6.09. The predicted molar refractivity (Wildman–Crippen MR) is 70.3 cm³/mol. The van der Waals surface area contributed by atoms with Crippen molar-refractivity contribution in [3.63, 3.8) is 0 Å². The van der Waals surface area contributed by atoms with E-state index in [1.807, 2.05) is 34.6 Å². The molecule has 102 valence electrons. The van der Waals surface area contributed by atoms with Gasteiger partial charge in [0.2, 0.25) is 5.91 Å². The molecule has 0 saturated carbocycles. The molecule has 0 fully saturated rings. The van der Waals surface area contributed by atoms with Crippen LogP contribution in [0.15, 0.2) is 4.99 Å². The number of carbonyl (C=O) groups excluding carboxylic acids is 2. The van der Waals surface area contributed by atoms with Crippen LogP contribution in [-0.2, 0) is 4.79 Å². The summed E-state index contributed by atoms with van der Waals surface area (Å²) >= 11 is 0. The first-order chi connectivity index (χ1) is 8.11. The Balaban J connectivity index is 2.73. The molecule has 1 heterocycles. The predicted octanol–water partition coefficient (Wildman–Crippen LogP) is 0.861. The Hall–Kier alpha value is -1.59. The van der Waals surface area contributed by atoms with Crippen molar-refractivity contribution in [1.82, 2.24) is 10.2 Å². The number of amidine groups is 1. The zero-order valence-corrected chi connectivity index (χ0v) is 11.7. The third kappa shape index (κ3) is 3.45. The molecule has 0 aromatic heterocycles. The molecule has 1 aliphatic rings. The number of nitrogens with two attached hydrogens (primary N) is 1. The van der Waals surface area contributed by atoms with E-state index in [0.717, 1.165) is 0 Å². The highest BCUT2D eigenvalue weighted by Gasteiger charge is 2.36. The number of carbonyl (C=O) groups is 2. The summed E-state index contributed by atoms with van der Waals surface area (Å²) in [5, 5.41) is 2.85. The Morgan fingerprint density at radius 3 is 2.50 bits per heavy atom. The van der Waals surface area contributed by atoms with Crippen molar-refractivity contribution in [2.75, 3.05) is 0 Å². The van der Waals surface area contributed by atoms with Gasteiger partial charge in [-0.3, -0.25) is 4.79 Å². The minimum atomic E-state index is -0.431. The summed E-state index contributed by atoms with van der Waals surface area (Å²) in [5.41, 5.74) is 5.42. The van der Waals surface area contributed by atoms with Crippen LogP contribution >= 0.6 is 0 Å². The molecule has 6 heteroatoms. The Kier molecular flexibility index (Phi) is 3.98. The summed E-state index contributed by atoms with van der Waals surface area (Å²) < 4.78 is 0. The summed E-state index contributed by atoms with van der Waals surface area (Å²) in [7, 11) is 0. The molecule has 0 spiro atoms. The van der Waals surface area contributed by atoms with Crippen LogP contribution in [0.25, 0.3) is 0 Å². The molecule has 6 nitrogen and oxygen atoms in total. The summed E-state index contributed by atoms with van der Waals surface area (Å²) in [6.07, 6.45) is 0.149. The van der Waals surface area contributed by atoms with Crippen LogP contribution in [0, 0.1) is 0 Å². The lowest BCUT2D eigenvalue weighted by Gasteiger charge is -2.28. The van der Waals surface area contributed by atoms with E-state index < -0.39 is 6.04 Å². The van der Waals surface area contributed by atoms with Crippen molar-refractivity contribution in [3.8, 4) is 0 Å². The molecule has 0 aromatic rings. The third-order valence-corrected chi connectivity index (χ3v) is 2.57. The molecular formula is C12H22N4O2. The Morgan fingerprint density at radius 1 is 1.50 bits per heavy atom. The molecule has 3 N–H and O–H groups in total. The van der Waals surface area contributed by atoms with E-state index in [1.54, 1.807) is 0 Å². The molecule has 1 atom stereocenters. The first kappa shape index (κ1) is 14.5. The van der Waals surface area contributed by atoms with Crippen molar-refractivity contribution in [3.05, 3.63) is 0 Å². The van der Waals surface area contributed by atoms with Gasteiger partial charge in [-0.1, -0.05) is 0 Å². The lowest BCUT2D eigenvalue weighted by molar-refractivity contribution is -0.123. The van der Waals surface area contributed by atoms with Gasteiger partial charge < -0.3 is 16.0 Å². The second kappa shape index (κ2) is 4.96. The molecule has 1 aliphatic heterocycles. The maximum atomic E-state index is 11.9. The van der Waals surface area contributed by atoms with Crippen molar-refractivity contribution in [2.24, 2.45) is 10.7 Å². The minimum absolute atomic E-state index is 0.0327. The van der Waals surface area contributed by atoms with Crippen LogP contribution in [0.2, 0.25) is 0 Å². The van der Waals surface area contributed by atoms with Crippen LogP contribution in [0.5, 0.6) is 0 Å². The fourth-order valence-corrected chi connectivity index (χ4v) is 1.95. The first-order valence-corrected chi connectivity index (χ1v) is 6.09. The van der Waals surface area contributed by atoms with Gasteiger partial charge in [0.25, 0.3) is 0 Å². The average molecular weight is 254 g/mol. The van der Waals surface area contributed by atoms with Crippen molar-refractivity contribution in [2.45, 2.75) is 58.7 Å². The number of amides is 3. The van der Waals surface area contributed by atoms with Crippen molar-refractivity contribution >= 4 is 17.8 Å². The van der Waals surface area contributed by atoms with Crippen LogP contribution in [0.3, 0.4) is 0 Å². The van der Waals surface area contributed by atoms with Gasteiger partial charge >= 0.3 is 6.03 Å². The Morgan fingerprint density at radius 2 is 2.06 bits per heavy atom. The maximum absolute atomic E-state index is 11.9. The largest absolute Gasteiger partial charge is 0.385 e. The summed E-state index contributed by atoms with van der Waals surface area (Å²) in [6.45, 7) is 9.47. The van der Waals surface area contributed by atoms with Gasteiger partial charge in [0.1, 0.15) is 11.9 Å². The summed E-state index contributed by atoms with van der Waals surface area (Å²) in [4.78, 5) is 28.8. The van der Waals surface area contributed by atoms with Gasteiger partial charge in [-0.15, -0.1) is 0 Å². The van der Waals surface area contributed by atoms with Crippen molar-refractivity contribution < 1.29 is 9.59 Å². The van der Waals surface area contributed by atoms with Crippen LogP contribution < -0.4 is 11.1 Å². The van der Waals surface area contributed by atoms with Crippen LogP contribution in [-0.4, -0.2) is 40.3 Å². The number of hydrogen-bond acceptors (Lipinski definition) is 3. The molecule has 0 saturated heterocycles. The zero-order chi connectivity index (χ0) is 14.1. The molecule has 18 heavy (non-hydrogen) atoms. The molecular weight excluding hydrogens is 232 g/mol. The normalized spacial score (nSPS) is 20.3. The Labute approximate surface area is 108 Å². The lowest BCUT2D eigenvalue weighted by atomic mass is 10.1. The zero-order valence-electron chi connectivity index (χ0n) is 11.7. The highest BCUT2D eigenvalue weighted by molar-refractivity contribution is 6.04. The van der Waals surface area contributed by atoms with E-state index in [1.165, 1.54) is 4.90 Å². The molecule has 0 aliphatic carbocycles. The topological polar surface area (TPSA) is 87.8 Å². The van der Waals surface area contributed by atoms with E-state index in [-0.39, 0.29) is 35.8 Å². The second-order valence-electron chi connectivity index (χ2n) is 5.84. The van der Waals surface area contributed by atoms with E-state index >= 15 is 0 Å². The van der Waals surface area contributed by atoms with E-state index in [4.69, 9.17) is 5.73 Å². The smallest absolute Gasteiger partial charge is 0.346 e. The monoisotopic (exact) mass is 254 g/mol. The molecule has 0 radical (unpaired) electrons. The minimum Gasteiger partial charge on any atom is -0.385 e. The van der Waals surface area contributed by atoms with Gasteiger partial charge in [-0.25, -0.2) is 4.79 Å². The van der Waals surface area contributed by atoms with Crippen LogP contribution in [0.4, 0.5) is 4.79 Å². The van der Waals surface area contributed by atoms with Crippen molar-refractivity contribution in [1.29, 1.82) is 0 Å². The highest BCUT2D eigenvalue weighted by atomic mass is 16.2. The number of nitrogens with zero attached hydrogens (tertiary/aromatic N) is 2. The summed E-state index contributed by atoms with van der Waals surface area (Å²) in [6, 6.07) is -0.828. The second-order valence-corrected chi connectivity index (χ2v) is 5.84. The summed E-state index contributed by atoms with van der Waals surface area (Å²) in [5.74, 6) is 0.0868. The van der Waals surface area contributed by atoms with E-state index in [0.29, 0.717) is 0 Å². The standard InChI is InChI=1S/C12H22N4O2/c1-7(2)16-8(10(13)14-11(16)18)6-9(17)15-12(3,4)5/h7-8H,6H2,1-5H3,(H,15,17)(H2,13,14,18). The average Bonchev–Trinajstić information content (AvgIpc) is 2.37. The van der Waals surface area contributed by atoms with Gasteiger partial charge in [-0.2, -0.15) is 4.99 Å². The molecule has 1 rings (SSSR count). The number of rotatable bonds is 3. The fourth-order valence-electron chi connectivity index (χ4n) is 1.95. The maximum Gasteiger partial charge on any atom is 0.346 e. The number of nitrogens with one attached hydrogen (secondary N) is 1.